The lowest BCUT2D eigenvalue weighted by molar-refractivity contribution is -0.141. The largest absolute Gasteiger partial charge is 0.494 e. The van der Waals surface area contributed by atoms with Gasteiger partial charge < -0.3 is 15.0 Å². The van der Waals surface area contributed by atoms with Gasteiger partial charge in [0.2, 0.25) is 21.8 Å². The Kier molecular flexibility index (Phi) is 13.1. The summed E-state index contributed by atoms with van der Waals surface area (Å²) >= 11 is 3.51. The number of rotatable bonds is 16. The van der Waals surface area contributed by atoms with Gasteiger partial charge in [0.25, 0.3) is 0 Å². The summed E-state index contributed by atoms with van der Waals surface area (Å²) in [6.45, 7) is 6.68. The molecule has 0 unspecified atom stereocenters. The Balaban J connectivity index is 1.87. The van der Waals surface area contributed by atoms with Crippen molar-refractivity contribution in [1.82, 2.24) is 10.2 Å². The first-order valence-electron chi connectivity index (χ1n) is 14.6. The Morgan fingerprint density at radius 3 is 2.23 bits per heavy atom. The van der Waals surface area contributed by atoms with Gasteiger partial charge in [0.1, 0.15) is 11.8 Å². The molecule has 0 saturated heterocycles. The maximum Gasteiger partial charge on any atom is 0.243 e. The number of ether oxygens (including phenoxy) is 1. The second kappa shape index (κ2) is 16.5. The van der Waals surface area contributed by atoms with Crippen molar-refractivity contribution < 1.29 is 22.7 Å². The molecule has 0 heterocycles. The van der Waals surface area contributed by atoms with Crippen LogP contribution in [0.25, 0.3) is 0 Å². The van der Waals surface area contributed by atoms with E-state index < -0.39 is 16.1 Å². The Hall–Kier alpha value is -3.37. The van der Waals surface area contributed by atoms with Crippen molar-refractivity contribution in [3.8, 4) is 5.75 Å². The molecule has 0 bridgehead atoms. The highest BCUT2D eigenvalue weighted by Gasteiger charge is 2.31. The van der Waals surface area contributed by atoms with E-state index in [1.165, 1.54) is 4.31 Å². The van der Waals surface area contributed by atoms with Gasteiger partial charge in [0.15, 0.2) is 0 Å². The third-order valence-electron chi connectivity index (χ3n) is 7.10. The smallest absolute Gasteiger partial charge is 0.243 e. The molecule has 3 rings (SSSR count). The molecule has 0 fully saturated rings. The first kappa shape index (κ1) is 34.1. The topological polar surface area (TPSA) is 96.0 Å². The number of amides is 2. The van der Waals surface area contributed by atoms with Gasteiger partial charge in [-0.1, -0.05) is 65.3 Å². The van der Waals surface area contributed by atoms with Crippen molar-refractivity contribution >= 4 is 43.5 Å². The van der Waals surface area contributed by atoms with E-state index in [9.17, 15) is 18.0 Å². The molecular weight excluding hydrogens is 630 g/mol. The SMILES string of the molecule is CCOc1ccc(N(CCCC(=O)N(Cc2cccc(Br)c2)[C@H](Cc2ccccc2)C(=O)N[C@@H](C)CC)S(C)(=O)=O)cc1. The minimum absolute atomic E-state index is 0.0500. The first-order chi connectivity index (χ1) is 20.5. The average molecular weight is 673 g/mol. The third kappa shape index (κ3) is 10.7. The first-order valence-corrected chi connectivity index (χ1v) is 17.2. The molecule has 232 valence electrons. The Morgan fingerprint density at radius 1 is 0.953 bits per heavy atom. The van der Waals surface area contributed by atoms with Crippen LogP contribution in [0.3, 0.4) is 0 Å². The lowest BCUT2D eigenvalue weighted by Crippen LogP contribution is -2.52. The van der Waals surface area contributed by atoms with E-state index in [0.717, 1.165) is 28.3 Å². The second-order valence-corrected chi connectivity index (χ2v) is 13.4. The molecule has 0 aliphatic carbocycles. The van der Waals surface area contributed by atoms with Crippen LogP contribution in [0.15, 0.2) is 83.3 Å². The van der Waals surface area contributed by atoms with Crippen molar-refractivity contribution in [2.75, 3.05) is 23.7 Å². The van der Waals surface area contributed by atoms with Crippen molar-refractivity contribution in [3.05, 3.63) is 94.5 Å². The predicted octanol–water partition coefficient (Wildman–Crippen LogP) is 5.95. The highest BCUT2D eigenvalue weighted by molar-refractivity contribution is 9.10. The molecule has 2 atom stereocenters. The van der Waals surface area contributed by atoms with E-state index in [1.54, 1.807) is 29.2 Å². The van der Waals surface area contributed by atoms with Gasteiger partial charge >= 0.3 is 0 Å². The second-order valence-electron chi connectivity index (χ2n) is 10.5. The summed E-state index contributed by atoms with van der Waals surface area (Å²) in [5.41, 5.74) is 2.32. The van der Waals surface area contributed by atoms with E-state index in [1.807, 2.05) is 75.4 Å². The molecule has 2 amide bonds. The molecule has 0 aliphatic rings. The van der Waals surface area contributed by atoms with Crippen LogP contribution in [0.1, 0.15) is 51.2 Å². The number of carbonyl (C=O) groups excluding carboxylic acids is 2. The highest BCUT2D eigenvalue weighted by atomic mass is 79.9. The summed E-state index contributed by atoms with van der Waals surface area (Å²) in [5, 5.41) is 3.07. The quantitative estimate of drug-likeness (QED) is 0.203. The highest BCUT2D eigenvalue weighted by Crippen LogP contribution is 2.23. The normalized spacial score (nSPS) is 12.7. The van der Waals surface area contributed by atoms with Gasteiger partial charge in [-0.25, -0.2) is 8.42 Å². The minimum Gasteiger partial charge on any atom is -0.494 e. The number of hydrogen-bond acceptors (Lipinski definition) is 5. The number of carbonyl (C=O) groups is 2. The maximum absolute atomic E-state index is 14.0. The van der Waals surface area contributed by atoms with Gasteiger partial charge in [0.05, 0.1) is 18.6 Å². The van der Waals surface area contributed by atoms with Gasteiger partial charge in [-0.3, -0.25) is 13.9 Å². The third-order valence-corrected chi connectivity index (χ3v) is 8.79. The summed E-state index contributed by atoms with van der Waals surface area (Å²) in [6, 6.07) is 23.4. The number of benzene rings is 3. The van der Waals surface area contributed by atoms with Crippen molar-refractivity contribution in [2.45, 2.75) is 65.1 Å². The summed E-state index contributed by atoms with van der Waals surface area (Å²) < 4.78 is 33.1. The molecule has 3 aromatic rings. The van der Waals surface area contributed by atoms with Crippen LogP contribution in [-0.2, 0) is 32.6 Å². The van der Waals surface area contributed by atoms with Gasteiger partial charge in [-0.05, 0) is 74.2 Å². The van der Waals surface area contributed by atoms with E-state index >= 15 is 0 Å². The Morgan fingerprint density at radius 2 is 1.63 bits per heavy atom. The molecule has 0 saturated carbocycles. The number of hydrogen-bond donors (Lipinski definition) is 1. The zero-order valence-electron chi connectivity index (χ0n) is 25.3. The zero-order chi connectivity index (χ0) is 31.4. The van der Waals surface area contributed by atoms with Crippen LogP contribution in [0.5, 0.6) is 5.75 Å². The van der Waals surface area contributed by atoms with Gasteiger partial charge in [0, 0.05) is 36.4 Å². The predicted molar refractivity (Wildman–Crippen MR) is 176 cm³/mol. The fourth-order valence-electron chi connectivity index (χ4n) is 4.71. The summed E-state index contributed by atoms with van der Waals surface area (Å²) in [6.07, 6.45) is 2.61. The van der Waals surface area contributed by atoms with Crippen molar-refractivity contribution in [2.24, 2.45) is 0 Å². The summed E-state index contributed by atoms with van der Waals surface area (Å²) in [5.74, 6) is 0.215. The molecule has 0 spiro atoms. The Bertz CT molecular complexity index is 1430. The molecule has 3 aromatic carbocycles. The number of nitrogens with zero attached hydrogens (tertiary/aromatic N) is 2. The number of halogens is 1. The number of sulfonamides is 1. The summed E-state index contributed by atoms with van der Waals surface area (Å²) in [4.78, 5) is 29.3. The lowest BCUT2D eigenvalue weighted by Gasteiger charge is -2.32. The van der Waals surface area contributed by atoms with Crippen molar-refractivity contribution in [3.63, 3.8) is 0 Å². The molecule has 0 radical (unpaired) electrons. The Labute approximate surface area is 264 Å². The zero-order valence-corrected chi connectivity index (χ0v) is 27.7. The van der Waals surface area contributed by atoms with E-state index in [2.05, 4.69) is 21.2 Å². The van der Waals surface area contributed by atoms with Crippen LogP contribution in [0.2, 0.25) is 0 Å². The van der Waals surface area contributed by atoms with Crippen LogP contribution in [-0.4, -0.2) is 56.6 Å². The van der Waals surface area contributed by atoms with Gasteiger partial charge in [-0.15, -0.1) is 0 Å². The molecule has 0 aromatic heterocycles. The van der Waals surface area contributed by atoms with Crippen LogP contribution >= 0.6 is 15.9 Å². The molecular formula is C33H42BrN3O5S. The van der Waals surface area contributed by atoms with E-state index in [0.29, 0.717) is 24.5 Å². The molecule has 0 aliphatic heterocycles. The molecule has 1 N–H and O–H groups in total. The number of anilines is 1. The molecule has 8 nitrogen and oxygen atoms in total. The fraction of sp³-hybridized carbons (Fsp3) is 0.394. The average Bonchev–Trinajstić information content (AvgIpc) is 2.97. The molecule has 43 heavy (non-hydrogen) atoms. The standard InChI is InChI=1S/C33H42BrN3O5S/c1-5-25(3)35-33(39)31(23-26-12-8-7-9-13-26)36(24-27-14-10-15-28(34)22-27)32(38)16-11-21-37(43(4,40)41)29-17-19-30(20-18-29)42-6-2/h7-10,12-15,17-20,22,25,31H,5-6,11,16,21,23-24H2,1-4H3,(H,35,39)/t25-,31+/m0/s1. The maximum atomic E-state index is 14.0. The fourth-order valence-corrected chi connectivity index (χ4v) is 6.12. The minimum atomic E-state index is -3.60. The lowest BCUT2D eigenvalue weighted by atomic mass is 10.0. The van der Waals surface area contributed by atoms with E-state index in [4.69, 9.17) is 4.74 Å². The van der Waals surface area contributed by atoms with Gasteiger partial charge in [-0.2, -0.15) is 0 Å². The van der Waals surface area contributed by atoms with Crippen LogP contribution in [0.4, 0.5) is 5.69 Å². The van der Waals surface area contributed by atoms with Crippen LogP contribution < -0.4 is 14.4 Å². The monoisotopic (exact) mass is 671 g/mol. The molecule has 10 heteroatoms. The van der Waals surface area contributed by atoms with Crippen molar-refractivity contribution in [1.29, 1.82) is 0 Å². The van der Waals surface area contributed by atoms with Crippen LogP contribution in [0, 0.1) is 0 Å². The number of nitrogens with one attached hydrogen (secondary N) is 1. The van der Waals surface area contributed by atoms with E-state index in [-0.39, 0.29) is 43.8 Å². The summed E-state index contributed by atoms with van der Waals surface area (Å²) in [7, 11) is -3.60.